The molecule has 0 saturated carbocycles. The maximum atomic E-state index is 12.5. The molecule has 1 N–H and O–H groups in total. The van der Waals surface area contributed by atoms with E-state index < -0.39 is 12.6 Å². The second-order valence-electron chi connectivity index (χ2n) is 6.94. The molecular weight excluding hydrogens is 363 g/mol. The first kappa shape index (κ1) is 17.7. The summed E-state index contributed by atoms with van der Waals surface area (Å²) in [5, 5.41) is 10.2. The fourth-order valence-electron chi connectivity index (χ4n) is 3.98. The zero-order valence-corrected chi connectivity index (χ0v) is 15.2. The molecule has 3 nitrogen and oxygen atoms in total. The molecule has 2 aliphatic heterocycles. The Labute approximate surface area is 154 Å². The van der Waals surface area contributed by atoms with Gasteiger partial charge < -0.3 is 9.84 Å². The molecule has 26 heavy (non-hydrogen) atoms. The number of phenols is 1. The number of hydrogen-bond donors (Lipinski definition) is 1. The number of aromatic hydroxyl groups is 1. The van der Waals surface area contributed by atoms with E-state index in [1.807, 2.05) is 12.1 Å². The van der Waals surface area contributed by atoms with Crippen molar-refractivity contribution in [2.45, 2.75) is 44.4 Å². The number of thiophene rings is 1. The van der Waals surface area contributed by atoms with Gasteiger partial charge in [0.25, 0.3) is 0 Å². The molecule has 2 aliphatic rings. The summed E-state index contributed by atoms with van der Waals surface area (Å²) in [4.78, 5) is 4.34. The van der Waals surface area contributed by atoms with Gasteiger partial charge in [-0.1, -0.05) is 0 Å². The SMILES string of the molecule is COc1cc2c(cc1O)C1Cc3sc(CCC(F)(F)F)cc3CN1CC2. The van der Waals surface area contributed by atoms with Crippen LogP contribution >= 0.6 is 11.3 Å². The van der Waals surface area contributed by atoms with Crippen molar-refractivity contribution < 1.29 is 23.0 Å². The Balaban J connectivity index is 1.59. The molecule has 0 radical (unpaired) electrons. The molecule has 4 rings (SSSR count). The quantitative estimate of drug-likeness (QED) is 0.840. The van der Waals surface area contributed by atoms with E-state index in [4.69, 9.17) is 4.74 Å². The summed E-state index contributed by atoms with van der Waals surface area (Å²) in [6.07, 6.45) is -3.17. The summed E-state index contributed by atoms with van der Waals surface area (Å²) < 4.78 is 42.7. The van der Waals surface area contributed by atoms with E-state index in [0.29, 0.717) is 5.75 Å². The third-order valence-corrected chi connectivity index (χ3v) is 6.52. The number of fused-ring (bicyclic) bond motifs is 4. The summed E-state index contributed by atoms with van der Waals surface area (Å²) in [7, 11) is 1.54. The summed E-state index contributed by atoms with van der Waals surface area (Å²) in [5.74, 6) is 0.621. The smallest absolute Gasteiger partial charge is 0.389 e. The van der Waals surface area contributed by atoms with Gasteiger partial charge in [-0.05, 0) is 47.7 Å². The number of benzene rings is 1. The van der Waals surface area contributed by atoms with Crippen LogP contribution < -0.4 is 4.74 Å². The number of aryl methyl sites for hydroxylation is 1. The maximum absolute atomic E-state index is 12.5. The molecule has 7 heteroatoms. The lowest BCUT2D eigenvalue weighted by Crippen LogP contribution is -2.38. The van der Waals surface area contributed by atoms with Gasteiger partial charge >= 0.3 is 6.18 Å². The van der Waals surface area contributed by atoms with Gasteiger partial charge in [0.05, 0.1) is 7.11 Å². The van der Waals surface area contributed by atoms with Crippen LogP contribution in [-0.4, -0.2) is 29.8 Å². The zero-order valence-electron chi connectivity index (χ0n) is 14.4. The summed E-state index contributed by atoms with van der Waals surface area (Å²) in [5.41, 5.74) is 3.44. The van der Waals surface area contributed by atoms with E-state index in [1.54, 1.807) is 6.07 Å². The molecule has 2 aromatic rings. The van der Waals surface area contributed by atoms with E-state index in [-0.39, 0.29) is 18.2 Å². The van der Waals surface area contributed by atoms with Crippen molar-refractivity contribution in [3.05, 3.63) is 44.6 Å². The van der Waals surface area contributed by atoms with E-state index in [1.165, 1.54) is 28.9 Å². The summed E-state index contributed by atoms with van der Waals surface area (Å²) >= 11 is 1.50. The minimum absolute atomic E-state index is 0.0560. The third-order valence-electron chi connectivity index (χ3n) is 5.26. The molecule has 1 atom stereocenters. The van der Waals surface area contributed by atoms with Gasteiger partial charge in [-0.25, -0.2) is 0 Å². The Morgan fingerprint density at radius 2 is 2.08 bits per heavy atom. The first-order valence-electron chi connectivity index (χ1n) is 8.65. The molecule has 0 aliphatic carbocycles. The van der Waals surface area contributed by atoms with Crippen molar-refractivity contribution in [1.29, 1.82) is 0 Å². The highest BCUT2D eigenvalue weighted by Crippen LogP contribution is 2.44. The van der Waals surface area contributed by atoms with Crippen LogP contribution in [0.1, 0.15) is 38.9 Å². The number of ether oxygens (including phenoxy) is 1. The van der Waals surface area contributed by atoms with Gasteiger partial charge in [-0.2, -0.15) is 13.2 Å². The topological polar surface area (TPSA) is 32.7 Å². The van der Waals surface area contributed by atoms with Crippen LogP contribution in [0.15, 0.2) is 18.2 Å². The van der Waals surface area contributed by atoms with Crippen LogP contribution in [0.5, 0.6) is 11.5 Å². The van der Waals surface area contributed by atoms with Crippen LogP contribution in [0.2, 0.25) is 0 Å². The number of nitrogens with zero attached hydrogens (tertiary/aromatic N) is 1. The molecule has 3 heterocycles. The number of phenolic OH excluding ortho intramolecular Hbond substituents is 1. The number of hydrogen-bond acceptors (Lipinski definition) is 4. The highest BCUT2D eigenvalue weighted by Gasteiger charge is 2.34. The van der Waals surface area contributed by atoms with Crippen LogP contribution in [0.3, 0.4) is 0 Å². The first-order valence-corrected chi connectivity index (χ1v) is 9.47. The van der Waals surface area contributed by atoms with Gasteiger partial charge in [-0.15, -0.1) is 11.3 Å². The average Bonchev–Trinajstić information content (AvgIpc) is 2.99. The molecule has 1 aromatic heterocycles. The summed E-state index contributed by atoms with van der Waals surface area (Å²) in [6, 6.07) is 5.80. The van der Waals surface area contributed by atoms with Crippen molar-refractivity contribution >= 4 is 11.3 Å². The van der Waals surface area contributed by atoms with Crippen LogP contribution in [0.25, 0.3) is 0 Å². The Bertz CT molecular complexity index is 831. The Morgan fingerprint density at radius 1 is 1.27 bits per heavy atom. The van der Waals surface area contributed by atoms with Gasteiger partial charge in [-0.3, -0.25) is 4.90 Å². The van der Waals surface area contributed by atoms with E-state index >= 15 is 0 Å². The molecule has 0 bridgehead atoms. The fourth-order valence-corrected chi connectivity index (χ4v) is 5.20. The minimum atomic E-state index is -4.11. The standard InChI is InChI=1S/C19H20F3NO2S/c1-25-17-7-11-3-5-23-10-12-6-13(2-4-19(20,21)22)26-18(12)9-15(23)14(11)8-16(17)24/h6-8,15,24H,2-5,9-10H2,1H3. The summed E-state index contributed by atoms with van der Waals surface area (Å²) in [6.45, 7) is 1.66. The van der Waals surface area contributed by atoms with Crippen molar-refractivity contribution in [2.75, 3.05) is 13.7 Å². The fraction of sp³-hybridized carbons (Fsp3) is 0.474. The average molecular weight is 383 g/mol. The molecular formula is C19H20F3NO2S. The van der Waals surface area contributed by atoms with Crippen molar-refractivity contribution in [3.63, 3.8) is 0 Å². The lowest BCUT2D eigenvalue weighted by Gasteiger charge is -2.40. The highest BCUT2D eigenvalue weighted by molar-refractivity contribution is 7.12. The predicted molar refractivity (Wildman–Crippen MR) is 93.9 cm³/mol. The van der Waals surface area contributed by atoms with Crippen molar-refractivity contribution in [3.8, 4) is 11.5 Å². The normalized spacial score (nSPS) is 19.6. The first-order chi connectivity index (χ1) is 12.3. The van der Waals surface area contributed by atoms with Gasteiger partial charge in [0.2, 0.25) is 0 Å². The number of methoxy groups -OCH3 is 1. The third kappa shape index (κ3) is 3.30. The van der Waals surface area contributed by atoms with Gasteiger partial charge in [0, 0.05) is 41.7 Å². The molecule has 0 fully saturated rings. The lowest BCUT2D eigenvalue weighted by atomic mass is 9.86. The van der Waals surface area contributed by atoms with E-state index in [2.05, 4.69) is 4.90 Å². The Hall–Kier alpha value is -1.73. The van der Waals surface area contributed by atoms with Crippen LogP contribution in [0.4, 0.5) is 13.2 Å². The number of halogens is 3. The number of rotatable bonds is 3. The predicted octanol–water partition coefficient (Wildman–Crippen LogP) is 4.61. The number of alkyl halides is 3. The van der Waals surface area contributed by atoms with Gasteiger partial charge in [0.15, 0.2) is 11.5 Å². The minimum Gasteiger partial charge on any atom is -0.504 e. The molecule has 1 aromatic carbocycles. The largest absolute Gasteiger partial charge is 0.504 e. The zero-order chi connectivity index (χ0) is 18.5. The molecule has 1 unspecified atom stereocenters. The maximum Gasteiger partial charge on any atom is 0.389 e. The lowest BCUT2D eigenvalue weighted by molar-refractivity contribution is -0.133. The van der Waals surface area contributed by atoms with E-state index in [9.17, 15) is 18.3 Å². The molecule has 0 spiro atoms. The van der Waals surface area contributed by atoms with E-state index in [0.717, 1.165) is 41.9 Å². The monoisotopic (exact) mass is 383 g/mol. The molecule has 0 saturated heterocycles. The molecule has 140 valence electrons. The van der Waals surface area contributed by atoms with Gasteiger partial charge in [0.1, 0.15) is 0 Å². The second-order valence-corrected chi connectivity index (χ2v) is 8.16. The van der Waals surface area contributed by atoms with Crippen molar-refractivity contribution in [1.82, 2.24) is 4.90 Å². The highest BCUT2D eigenvalue weighted by atomic mass is 32.1. The second kappa shape index (κ2) is 6.46. The van der Waals surface area contributed by atoms with Crippen LogP contribution in [0, 0.1) is 0 Å². The van der Waals surface area contributed by atoms with Crippen LogP contribution in [-0.2, 0) is 25.8 Å². The Morgan fingerprint density at radius 3 is 2.81 bits per heavy atom. The Kier molecular flexibility index (Phi) is 4.39. The molecule has 0 amide bonds. The van der Waals surface area contributed by atoms with Crippen molar-refractivity contribution in [2.24, 2.45) is 0 Å².